The number of hydrogen-bond acceptors (Lipinski definition) is 3. The maximum atomic E-state index is 5.76. The summed E-state index contributed by atoms with van der Waals surface area (Å²) in [4.78, 5) is 6.42. The number of nitrogens with zero attached hydrogens (tertiary/aromatic N) is 2. The number of rotatable bonds is 4. The van der Waals surface area contributed by atoms with Crippen molar-refractivity contribution in [2.45, 2.75) is 19.4 Å². The highest BCUT2D eigenvalue weighted by molar-refractivity contribution is 6.29. The number of ether oxygens (including phenoxy) is 1. The van der Waals surface area contributed by atoms with E-state index in [1.807, 2.05) is 18.3 Å². The lowest BCUT2D eigenvalue weighted by Gasteiger charge is -2.27. The molecular formula is C13H19ClN2O. The van der Waals surface area contributed by atoms with Gasteiger partial charge in [-0.05, 0) is 37.4 Å². The van der Waals surface area contributed by atoms with Crippen molar-refractivity contribution in [2.75, 3.05) is 26.8 Å². The van der Waals surface area contributed by atoms with E-state index >= 15 is 0 Å². The van der Waals surface area contributed by atoms with E-state index < -0.39 is 0 Å². The van der Waals surface area contributed by atoms with Gasteiger partial charge in [-0.15, -0.1) is 0 Å². The summed E-state index contributed by atoms with van der Waals surface area (Å²) >= 11 is 5.76. The molecule has 1 fully saturated rings. The van der Waals surface area contributed by atoms with E-state index in [-0.39, 0.29) is 0 Å². The molecule has 1 aromatic heterocycles. The molecule has 4 heteroatoms. The third kappa shape index (κ3) is 4.26. The average Bonchev–Trinajstić information content (AvgIpc) is 2.33. The van der Waals surface area contributed by atoms with Gasteiger partial charge in [0.05, 0.1) is 6.61 Å². The SMILES string of the molecule is CN(Cc1ccc(Cl)nc1)CC1CCCOC1. The van der Waals surface area contributed by atoms with Crippen molar-refractivity contribution in [1.29, 1.82) is 0 Å². The highest BCUT2D eigenvalue weighted by Gasteiger charge is 2.15. The van der Waals surface area contributed by atoms with E-state index in [1.54, 1.807) is 0 Å². The fraction of sp³-hybridized carbons (Fsp3) is 0.615. The zero-order chi connectivity index (χ0) is 12.1. The summed E-state index contributed by atoms with van der Waals surface area (Å²) < 4.78 is 5.49. The van der Waals surface area contributed by atoms with Crippen LogP contribution in [0.3, 0.4) is 0 Å². The minimum atomic E-state index is 0.553. The largest absolute Gasteiger partial charge is 0.381 e. The fourth-order valence-corrected chi connectivity index (χ4v) is 2.38. The van der Waals surface area contributed by atoms with Gasteiger partial charge in [0, 0.05) is 25.9 Å². The summed E-state index contributed by atoms with van der Waals surface area (Å²) in [6.45, 7) is 3.84. The molecule has 0 saturated carbocycles. The number of halogens is 1. The third-order valence-corrected chi connectivity index (χ3v) is 3.29. The van der Waals surface area contributed by atoms with Crippen LogP contribution in [0.1, 0.15) is 18.4 Å². The normalized spacial score (nSPS) is 20.8. The molecule has 0 aliphatic carbocycles. The summed E-state index contributed by atoms with van der Waals surface area (Å²) in [6.07, 6.45) is 4.32. The first kappa shape index (κ1) is 12.8. The van der Waals surface area contributed by atoms with Gasteiger partial charge in [-0.3, -0.25) is 0 Å². The van der Waals surface area contributed by atoms with Crippen molar-refractivity contribution < 1.29 is 4.74 Å². The Balaban J connectivity index is 1.79. The second-order valence-corrected chi connectivity index (χ2v) is 5.16. The van der Waals surface area contributed by atoms with Crippen LogP contribution in [-0.2, 0) is 11.3 Å². The molecule has 0 amide bonds. The van der Waals surface area contributed by atoms with Crippen molar-refractivity contribution in [3.8, 4) is 0 Å². The maximum Gasteiger partial charge on any atom is 0.129 e. The van der Waals surface area contributed by atoms with Crippen LogP contribution in [0.2, 0.25) is 5.15 Å². The van der Waals surface area contributed by atoms with E-state index in [2.05, 4.69) is 16.9 Å². The summed E-state index contributed by atoms with van der Waals surface area (Å²) in [5, 5.41) is 0.553. The lowest BCUT2D eigenvalue weighted by atomic mass is 10.0. The van der Waals surface area contributed by atoms with Gasteiger partial charge in [-0.25, -0.2) is 4.98 Å². The lowest BCUT2D eigenvalue weighted by molar-refractivity contribution is 0.0411. The van der Waals surface area contributed by atoms with Gasteiger partial charge in [-0.1, -0.05) is 17.7 Å². The van der Waals surface area contributed by atoms with E-state index in [0.29, 0.717) is 11.1 Å². The molecule has 0 bridgehead atoms. The zero-order valence-electron chi connectivity index (χ0n) is 10.2. The zero-order valence-corrected chi connectivity index (χ0v) is 11.0. The van der Waals surface area contributed by atoms with Crippen molar-refractivity contribution in [1.82, 2.24) is 9.88 Å². The first-order valence-corrected chi connectivity index (χ1v) is 6.48. The molecule has 0 spiro atoms. The first-order valence-electron chi connectivity index (χ1n) is 6.11. The molecule has 2 rings (SSSR count). The minimum absolute atomic E-state index is 0.553. The molecule has 1 aliphatic rings. The smallest absolute Gasteiger partial charge is 0.129 e. The molecular weight excluding hydrogens is 236 g/mol. The van der Waals surface area contributed by atoms with Crippen molar-refractivity contribution in [3.05, 3.63) is 29.0 Å². The van der Waals surface area contributed by atoms with Crippen LogP contribution < -0.4 is 0 Å². The molecule has 1 atom stereocenters. The minimum Gasteiger partial charge on any atom is -0.381 e. The Morgan fingerprint density at radius 2 is 2.41 bits per heavy atom. The monoisotopic (exact) mass is 254 g/mol. The molecule has 0 radical (unpaired) electrons. The molecule has 0 N–H and O–H groups in total. The van der Waals surface area contributed by atoms with Crippen LogP contribution in [0.5, 0.6) is 0 Å². The van der Waals surface area contributed by atoms with Crippen molar-refractivity contribution >= 4 is 11.6 Å². The third-order valence-electron chi connectivity index (χ3n) is 3.07. The summed E-state index contributed by atoms with van der Waals surface area (Å²) in [6, 6.07) is 3.87. The van der Waals surface area contributed by atoms with Crippen LogP contribution in [-0.4, -0.2) is 36.7 Å². The fourth-order valence-electron chi connectivity index (χ4n) is 2.27. The van der Waals surface area contributed by atoms with Gasteiger partial charge in [0.15, 0.2) is 0 Å². The molecule has 17 heavy (non-hydrogen) atoms. The van der Waals surface area contributed by atoms with Crippen LogP contribution in [0.4, 0.5) is 0 Å². The van der Waals surface area contributed by atoms with Crippen LogP contribution in [0.15, 0.2) is 18.3 Å². The summed E-state index contributed by atoms with van der Waals surface area (Å²) in [5.74, 6) is 0.675. The molecule has 3 nitrogen and oxygen atoms in total. The van der Waals surface area contributed by atoms with Gasteiger partial charge >= 0.3 is 0 Å². The second kappa shape index (κ2) is 6.34. The number of aromatic nitrogens is 1. The van der Waals surface area contributed by atoms with Gasteiger partial charge in [0.25, 0.3) is 0 Å². The summed E-state index contributed by atoms with van der Waals surface area (Å²) in [7, 11) is 2.14. The first-order chi connectivity index (χ1) is 8.24. The number of hydrogen-bond donors (Lipinski definition) is 0. The van der Waals surface area contributed by atoms with Crippen LogP contribution >= 0.6 is 11.6 Å². The Morgan fingerprint density at radius 1 is 1.53 bits per heavy atom. The molecule has 0 aromatic carbocycles. The van der Waals surface area contributed by atoms with Gasteiger partial charge in [-0.2, -0.15) is 0 Å². The average molecular weight is 255 g/mol. The van der Waals surface area contributed by atoms with Gasteiger partial charge in [0.1, 0.15) is 5.15 Å². The quantitative estimate of drug-likeness (QED) is 0.773. The predicted molar refractivity (Wildman–Crippen MR) is 69.1 cm³/mol. The number of pyridine rings is 1. The Hall–Kier alpha value is -0.640. The van der Waals surface area contributed by atoms with Crippen molar-refractivity contribution in [2.24, 2.45) is 5.92 Å². The lowest BCUT2D eigenvalue weighted by Crippen LogP contribution is -2.30. The molecule has 1 aliphatic heterocycles. The topological polar surface area (TPSA) is 25.4 Å². The van der Waals surface area contributed by atoms with E-state index in [9.17, 15) is 0 Å². The van der Waals surface area contributed by atoms with E-state index in [0.717, 1.165) is 26.3 Å². The van der Waals surface area contributed by atoms with E-state index in [1.165, 1.54) is 18.4 Å². The highest BCUT2D eigenvalue weighted by Crippen LogP contribution is 2.15. The molecule has 1 saturated heterocycles. The van der Waals surface area contributed by atoms with E-state index in [4.69, 9.17) is 16.3 Å². The van der Waals surface area contributed by atoms with Gasteiger partial charge < -0.3 is 9.64 Å². The Bertz CT molecular complexity index is 336. The Labute approximate surface area is 108 Å². The highest BCUT2D eigenvalue weighted by atomic mass is 35.5. The van der Waals surface area contributed by atoms with Crippen LogP contribution in [0.25, 0.3) is 0 Å². The Kier molecular flexibility index (Phi) is 4.77. The van der Waals surface area contributed by atoms with Gasteiger partial charge in [0.2, 0.25) is 0 Å². The maximum absolute atomic E-state index is 5.76. The van der Waals surface area contributed by atoms with Crippen LogP contribution in [0, 0.1) is 5.92 Å². The standard InChI is InChI=1S/C13H19ClN2O/c1-16(9-12-3-2-6-17-10-12)8-11-4-5-13(14)15-7-11/h4-5,7,12H,2-3,6,8-10H2,1H3. The molecule has 1 aromatic rings. The predicted octanol–water partition coefficient (Wildman–Crippen LogP) is 2.59. The Morgan fingerprint density at radius 3 is 3.06 bits per heavy atom. The molecule has 2 heterocycles. The molecule has 1 unspecified atom stereocenters. The second-order valence-electron chi connectivity index (χ2n) is 4.77. The van der Waals surface area contributed by atoms with Crippen molar-refractivity contribution in [3.63, 3.8) is 0 Å². The molecule has 94 valence electrons. The summed E-state index contributed by atoms with van der Waals surface area (Å²) in [5.41, 5.74) is 1.20.